The maximum atomic E-state index is 12.3. The molecule has 2 aromatic carbocycles. The topological polar surface area (TPSA) is 54.8 Å². The second kappa shape index (κ2) is 6.68. The number of aryl methyl sites for hydroxylation is 1. The zero-order valence-electron chi connectivity index (χ0n) is 15.4. The van der Waals surface area contributed by atoms with Gasteiger partial charge in [-0.15, -0.1) is 0 Å². The molecule has 5 nitrogen and oxygen atoms in total. The average molecular weight is 357 g/mol. The zero-order valence-corrected chi connectivity index (χ0v) is 15.4. The minimum atomic E-state index is -0.456. The second-order valence-corrected chi connectivity index (χ2v) is 6.64. The smallest absolute Gasteiger partial charge is 0.363 e. The number of carbonyl (C=O) groups excluding carboxylic acids is 1. The molecule has 0 saturated heterocycles. The summed E-state index contributed by atoms with van der Waals surface area (Å²) in [4.78, 5) is 23.4. The number of hydrogen-bond acceptors (Lipinski definition) is 5. The molecule has 134 valence electrons. The predicted octanol–water partition coefficient (Wildman–Crippen LogP) is 3.95. The van der Waals surface area contributed by atoms with Gasteiger partial charge >= 0.3 is 5.97 Å². The van der Waals surface area contributed by atoms with Crippen molar-refractivity contribution in [2.24, 2.45) is 4.99 Å². The fourth-order valence-electron chi connectivity index (χ4n) is 3.08. The lowest BCUT2D eigenvalue weighted by molar-refractivity contribution is -0.129. The highest BCUT2D eigenvalue weighted by molar-refractivity contribution is 6.13. The SMILES string of the molecule is Cc1cccc2cc(/C=C3\N=C(c4ccccc4)OC3=O)c(N(C)C)nc12. The lowest BCUT2D eigenvalue weighted by Crippen LogP contribution is -2.13. The van der Waals surface area contributed by atoms with Crippen LogP contribution in [0.15, 0.2) is 65.3 Å². The molecule has 1 aliphatic heterocycles. The van der Waals surface area contributed by atoms with Gasteiger partial charge < -0.3 is 9.64 Å². The van der Waals surface area contributed by atoms with E-state index in [0.29, 0.717) is 5.90 Å². The van der Waals surface area contributed by atoms with Crippen molar-refractivity contribution in [3.8, 4) is 0 Å². The number of hydrogen-bond donors (Lipinski definition) is 0. The normalized spacial score (nSPS) is 15.1. The molecule has 0 fully saturated rings. The first-order valence-corrected chi connectivity index (χ1v) is 8.68. The van der Waals surface area contributed by atoms with Gasteiger partial charge in [-0.3, -0.25) is 0 Å². The van der Waals surface area contributed by atoms with E-state index in [4.69, 9.17) is 9.72 Å². The van der Waals surface area contributed by atoms with Gasteiger partial charge in [0.2, 0.25) is 5.90 Å². The molecule has 3 aromatic rings. The standard InChI is InChI=1S/C22H19N3O2/c1-14-8-7-11-16-12-17(20(25(2)3)24-19(14)16)13-18-22(26)27-21(23-18)15-9-5-4-6-10-15/h4-13H,1-3H3/b18-13-. The summed E-state index contributed by atoms with van der Waals surface area (Å²) in [5.74, 6) is 0.645. The summed E-state index contributed by atoms with van der Waals surface area (Å²) < 4.78 is 5.35. The van der Waals surface area contributed by atoms with Crippen molar-refractivity contribution in [2.45, 2.75) is 6.92 Å². The number of fused-ring (bicyclic) bond motifs is 1. The number of para-hydroxylation sites is 1. The number of esters is 1. The summed E-state index contributed by atoms with van der Waals surface area (Å²) in [7, 11) is 3.86. The minimum Gasteiger partial charge on any atom is -0.402 e. The fourth-order valence-corrected chi connectivity index (χ4v) is 3.08. The second-order valence-electron chi connectivity index (χ2n) is 6.64. The van der Waals surface area contributed by atoms with Gasteiger partial charge in [-0.1, -0.05) is 36.4 Å². The molecular formula is C22H19N3O2. The number of cyclic esters (lactones) is 1. The summed E-state index contributed by atoms with van der Waals surface area (Å²) in [6.07, 6.45) is 1.74. The first-order valence-electron chi connectivity index (χ1n) is 8.68. The molecule has 2 heterocycles. The highest BCUT2D eigenvalue weighted by Crippen LogP contribution is 2.28. The van der Waals surface area contributed by atoms with Gasteiger partial charge in [-0.2, -0.15) is 0 Å². The molecule has 0 unspecified atom stereocenters. The molecule has 0 aliphatic carbocycles. The van der Waals surface area contributed by atoms with Gasteiger partial charge in [-0.25, -0.2) is 14.8 Å². The van der Waals surface area contributed by atoms with Crippen LogP contribution in [-0.4, -0.2) is 30.9 Å². The molecule has 0 amide bonds. The molecule has 5 heteroatoms. The van der Waals surface area contributed by atoms with Crippen molar-refractivity contribution < 1.29 is 9.53 Å². The summed E-state index contributed by atoms with van der Waals surface area (Å²) in [5.41, 5.74) is 3.92. The summed E-state index contributed by atoms with van der Waals surface area (Å²) in [6.45, 7) is 2.04. The molecule has 27 heavy (non-hydrogen) atoms. The van der Waals surface area contributed by atoms with E-state index in [9.17, 15) is 4.79 Å². The van der Waals surface area contributed by atoms with Crippen molar-refractivity contribution in [3.05, 3.63) is 77.0 Å². The highest BCUT2D eigenvalue weighted by atomic mass is 16.6. The lowest BCUT2D eigenvalue weighted by Gasteiger charge is -2.16. The van der Waals surface area contributed by atoms with E-state index in [1.165, 1.54) is 0 Å². The van der Waals surface area contributed by atoms with Crippen LogP contribution in [0.25, 0.3) is 17.0 Å². The van der Waals surface area contributed by atoms with E-state index in [1.54, 1.807) is 6.08 Å². The number of pyridine rings is 1. The van der Waals surface area contributed by atoms with E-state index in [1.807, 2.05) is 80.5 Å². The molecule has 0 atom stereocenters. The molecule has 4 rings (SSSR count). The maximum absolute atomic E-state index is 12.3. The number of carbonyl (C=O) groups is 1. The Labute approximate surface area is 157 Å². The molecular weight excluding hydrogens is 338 g/mol. The largest absolute Gasteiger partial charge is 0.402 e. The minimum absolute atomic E-state index is 0.269. The number of aromatic nitrogens is 1. The third-order valence-electron chi connectivity index (χ3n) is 4.41. The van der Waals surface area contributed by atoms with Crippen LogP contribution >= 0.6 is 0 Å². The summed E-state index contributed by atoms with van der Waals surface area (Å²) in [6, 6.07) is 17.5. The monoisotopic (exact) mass is 357 g/mol. The number of ether oxygens (including phenoxy) is 1. The molecule has 1 aromatic heterocycles. The molecule has 1 aliphatic rings. The van der Waals surface area contributed by atoms with E-state index >= 15 is 0 Å². The van der Waals surface area contributed by atoms with Gasteiger partial charge in [0, 0.05) is 30.6 Å². The Hall–Kier alpha value is -3.47. The number of nitrogens with zero attached hydrogens (tertiary/aromatic N) is 3. The summed E-state index contributed by atoms with van der Waals surface area (Å²) >= 11 is 0. The van der Waals surface area contributed by atoms with Gasteiger partial charge in [0.1, 0.15) is 5.82 Å². The van der Waals surface area contributed by atoms with Crippen LogP contribution in [0.4, 0.5) is 5.82 Å². The molecule has 0 radical (unpaired) electrons. The quantitative estimate of drug-likeness (QED) is 0.526. The van der Waals surface area contributed by atoms with Crippen molar-refractivity contribution in [1.29, 1.82) is 0 Å². The van der Waals surface area contributed by atoms with E-state index in [0.717, 1.165) is 33.4 Å². The third kappa shape index (κ3) is 3.19. The van der Waals surface area contributed by atoms with Crippen molar-refractivity contribution in [1.82, 2.24) is 4.98 Å². The van der Waals surface area contributed by atoms with Crippen LogP contribution in [0.2, 0.25) is 0 Å². The summed E-state index contributed by atoms with van der Waals surface area (Å²) in [5, 5.41) is 1.02. The van der Waals surface area contributed by atoms with Gasteiger partial charge in [-0.05, 0) is 36.8 Å². The Balaban J connectivity index is 1.83. The molecule has 0 bridgehead atoms. The van der Waals surface area contributed by atoms with Crippen LogP contribution in [0.5, 0.6) is 0 Å². The first-order chi connectivity index (χ1) is 13.0. The molecule has 0 saturated carbocycles. The van der Waals surface area contributed by atoms with Crippen LogP contribution in [0.1, 0.15) is 16.7 Å². The van der Waals surface area contributed by atoms with Crippen LogP contribution in [-0.2, 0) is 9.53 Å². The number of benzene rings is 2. The number of aliphatic imine (C=N–C) groups is 1. The number of anilines is 1. The third-order valence-corrected chi connectivity index (χ3v) is 4.41. The van der Waals surface area contributed by atoms with E-state index in [-0.39, 0.29) is 5.70 Å². The molecule has 0 spiro atoms. The Kier molecular flexibility index (Phi) is 4.20. The Bertz CT molecular complexity index is 1100. The Morgan fingerprint density at radius 2 is 1.81 bits per heavy atom. The van der Waals surface area contributed by atoms with Crippen LogP contribution in [0.3, 0.4) is 0 Å². The van der Waals surface area contributed by atoms with Crippen molar-refractivity contribution >= 4 is 34.7 Å². The molecule has 0 N–H and O–H groups in total. The lowest BCUT2D eigenvalue weighted by atomic mass is 10.1. The van der Waals surface area contributed by atoms with Gasteiger partial charge in [0.25, 0.3) is 0 Å². The van der Waals surface area contributed by atoms with Crippen molar-refractivity contribution in [2.75, 3.05) is 19.0 Å². The van der Waals surface area contributed by atoms with Crippen molar-refractivity contribution in [3.63, 3.8) is 0 Å². The Morgan fingerprint density at radius 3 is 2.56 bits per heavy atom. The van der Waals surface area contributed by atoms with E-state index < -0.39 is 5.97 Å². The van der Waals surface area contributed by atoms with Gasteiger partial charge in [0.15, 0.2) is 5.70 Å². The fraction of sp³-hybridized carbons (Fsp3) is 0.136. The first kappa shape index (κ1) is 17.0. The highest BCUT2D eigenvalue weighted by Gasteiger charge is 2.24. The maximum Gasteiger partial charge on any atom is 0.363 e. The van der Waals surface area contributed by atoms with Gasteiger partial charge in [0.05, 0.1) is 5.52 Å². The number of rotatable bonds is 3. The average Bonchev–Trinajstić information content (AvgIpc) is 3.03. The zero-order chi connectivity index (χ0) is 19.0. The predicted molar refractivity (Wildman–Crippen MR) is 108 cm³/mol. The Morgan fingerprint density at radius 1 is 1.04 bits per heavy atom. The van der Waals surface area contributed by atoms with Crippen LogP contribution in [0, 0.1) is 6.92 Å². The van der Waals surface area contributed by atoms with E-state index in [2.05, 4.69) is 4.99 Å². The van der Waals surface area contributed by atoms with Crippen LogP contribution < -0.4 is 4.90 Å².